The van der Waals surface area contributed by atoms with E-state index in [4.69, 9.17) is 4.74 Å². The monoisotopic (exact) mass is 232 g/mol. The van der Waals surface area contributed by atoms with Crippen molar-refractivity contribution >= 4 is 15.9 Å². The molecular formula is C10H17BrO. The van der Waals surface area contributed by atoms with Gasteiger partial charge in [-0.3, -0.25) is 0 Å². The molecule has 1 aliphatic carbocycles. The van der Waals surface area contributed by atoms with E-state index in [0.29, 0.717) is 12.2 Å². The summed E-state index contributed by atoms with van der Waals surface area (Å²) in [5.74, 6) is 0.922. The average Bonchev–Trinajstić information content (AvgIpc) is 2.58. The Kier molecular flexibility index (Phi) is 3.08. The van der Waals surface area contributed by atoms with Gasteiger partial charge in [0.25, 0.3) is 0 Å². The molecule has 12 heavy (non-hydrogen) atoms. The molecule has 2 rings (SSSR count). The Morgan fingerprint density at radius 2 is 2.25 bits per heavy atom. The van der Waals surface area contributed by atoms with E-state index in [1.54, 1.807) is 0 Å². The smallest absolute Gasteiger partial charge is 0.0608 e. The molecule has 3 atom stereocenters. The van der Waals surface area contributed by atoms with Crippen molar-refractivity contribution < 1.29 is 4.74 Å². The first-order valence-electron chi connectivity index (χ1n) is 5.11. The normalized spacial score (nSPS) is 40.2. The van der Waals surface area contributed by atoms with Crippen molar-refractivity contribution in [3.8, 4) is 0 Å². The standard InChI is InChI=1S/C10H17BrO/c11-6-2-4-9-7-8-3-1-5-10(8)12-9/h8-10H,1-7H2. The minimum Gasteiger partial charge on any atom is -0.375 e. The molecule has 0 amide bonds. The highest BCUT2D eigenvalue weighted by Crippen LogP contribution is 2.39. The van der Waals surface area contributed by atoms with Crippen LogP contribution in [0.5, 0.6) is 0 Å². The van der Waals surface area contributed by atoms with Crippen LogP contribution in [0.3, 0.4) is 0 Å². The Bertz CT molecular complexity index is 137. The van der Waals surface area contributed by atoms with E-state index in [-0.39, 0.29) is 0 Å². The quantitative estimate of drug-likeness (QED) is 0.680. The van der Waals surface area contributed by atoms with Crippen molar-refractivity contribution in [1.29, 1.82) is 0 Å². The van der Waals surface area contributed by atoms with Gasteiger partial charge in [-0.2, -0.15) is 0 Å². The Hall–Kier alpha value is 0.440. The predicted octanol–water partition coefficient (Wildman–Crippen LogP) is 3.12. The van der Waals surface area contributed by atoms with Crippen LogP contribution in [-0.4, -0.2) is 17.5 Å². The molecule has 1 heterocycles. The summed E-state index contributed by atoms with van der Waals surface area (Å²) in [5.41, 5.74) is 0. The van der Waals surface area contributed by atoms with Crippen LogP contribution >= 0.6 is 15.9 Å². The van der Waals surface area contributed by atoms with Crippen LogP contribution in [0.4, 0.5) is 0 Å². The number of hydrogen-bond acceptors (Lipinski definition) is 1. The topological polar surface area (TPSA) is 9.23 Å². The first-order valence-corrected chi connectivity index (χ1v) is 6.23. The molecule has 0 spiro atoms. The van der Waals surface area contributed by atoms with E-state index >= 15 is 0 Å². The van der Waals surface area contributed by atoms with Gasteiger partial charge in [-0.15, -0.1) is 0 Å². The second-order valence-electron chi connectivity index (χ2n) is 4.05. The Balaban J connectivity index is 1.75. The molecule has 1 saturated carbocycles. The van der Waals surface area contributed by atoms with Crippen molar-refractivity contribution in [3.05, 3.63) is 0 Å². The Morgan fingerprint density at radius 3 is 3.00 bits per heavy atom. The molecule has 1 nitrogen and oxygen atoms in total. The third-order valence-corrected chi connectivity index (χ3v) is 3.74. The van der Waals surface area contributed by atoms with Crippen molar-refractivity contribution in [2.75, 3.05) is 5.33 Å². The number of fused-ring (bicyclic) bond motifs is 1. The van der Waals surface area contributed by atoms with Gasteiger partial charge in [-0.05, 0) is 38.0 Å². The molecule has 0 bridgehead atoms. The van der Waals surface area contributed by atoms with E-state index in [1.807, 2.05) is 0 Å². The third-order valence-electron chi connectivity index (χ3n) is 3.18. The van der Waals surface area contributed by atoms with Crippen molar-refractivity contribution in [2.45, 2.75) is 50.7 Å². The molecule has 1 aliphatic heterocycles. The van der Waals surface area contributed by atoms with Gasteiger partial charge in [0, 0.05) is 5.33 Å². The Labute approximate surface area is 83.0 Å². The number of halogens is 1. The fourth-order valence-electron chi connectivity index (χ4n) is 2.58. The zero-order valence-corrected chi connectivity index (χ0v) is 9.05. The van der Waals surface area contributed by atoms with Gasteiger partial charge in [0.2, 0.25) is 0 Å². The third kappa shape index (κ3) is 1.85. The summed E-state index contributed by atoms with van der Waals surface area (Å²) in [6.07, 6.45) is 9.27. The maximum atomic E-state index is 5.97. The van der Waals surface area contributed by atoms with Crippen LogP contribution < -0.4 is 0 Å². The molecule has 0 aromatic rings. The lowest BCUT2D eigenvalue weighted by Crippen LogP contribution is -2.10. The maximum Gasteiger partial charge on any atom is 0.0608 e. The lowest BCUT2D eigenvalue weighted by atomic mass is 10.0. The zero-order chi connectivity index (χ0) is 8.39. The van der Waals surface area contributed by atoms with Crippen LogP contribution in [0.2, 0.25) is 0 Å². The lowest BCUT2D eigenvalue weighted by Gasteiger charge is -2.10. The highest BCUT2D eigenvalue weighted by Gasteiger charge is 2.37. The molecule has 0 aromatic heterocycles. The summed E-state index contributed by atoms with van der Waals surface area (Å²) >= 11 is 3.46. The molecule has 2 aliphatic rings. The van der Waals surface area contributed by atoms with E-state index < -0.39 is 0 Å². The number of hydrogen-bond donors (Lipinski definition) is 0. The molecular weight excluding hydrogens is 216 g/mol. The first-order chi connectivity index (χ1) is 5.90. The lowest BCUT2D eigenvalue weighted by molar-refractivity contribution is 0.0366. The van der Waals surface area contributed by atoms with Gasteiger partial charge in [-0.1, -0.05) is 22.4 Å². The maximum absolute atomic E-state index is 5.97. The molecule has 0 radical (unpaired) electrons. The highest BCUT2D eigenvalue weighted by atomic mass is 79.9. The second kappa shape index (κ2) is 4.10. The Morgan fingerprint density at radius 1 is 1.33 bits per heavy atom. The van der Waals surface area contributed by atoms with Gasteiger partial charge in [0.1, 0.15) is 0 Å². The minimum atomic E-state index is 0.595. The van der Waals surface area contributed by atoms with E-state index in [1.165, 1.54) is 38.5 Å². The minimum absolute atomic E-state index is 0.595. The van der Waals surface area contributed by atoms with Crippen molar-refractivity contribution in [1.82, 2.24) is 0 Å². The SMILES string of the molecule is BrCCCC1CC2CCCC2O1. The van der Waals surface area contributed by atoms with Gasteiger partial charge in [0.05, 0.1) is 12.2 Å². The summed E-state index contributed by atoms with van der Waals surface area (Å²) < 4.78 is 5.97. The van der Waals surface area contributed by atoms with Crippen molar-refractivity contribution in [3.63, 3.8) is 0 Å². The van der Waals surface area contributed by atoms with Crippen LogP contribution in [0, 0.1) is 5.92 Å². The average molecular weight is 233 g/mol. The highest BCUT2D eigenvalue weighted by molar-refractivity contribution is 9.09. The van der Waals surface area contributed by atoms with Crippen LogP contribution in [-0.2, 0) is 4.74 Å². The fraction of sp³-hybridized carbons (Fsp3) is 1.00. The molecule has 3 unspecified atom stereocenters. The molecule has 2 fully saturated rings. The molecule has 0 N–H and O–H groups in total. The van der Waals surface area contributed by atoms with Gasteiger partial charge < -0.3 is 4.74 Å². The van der Waals surface area contributed by atoms with Gasteiger partial charge >= 0.3 is 0 Å². The molecule has 2 heteroatoms. The summed E-state index contributed by atoms with van der Waals surface area (Å²) in [5, 5.41) is 1.13. The number of alkyl halides is 1. The van der Waals surface area contributed by atoms with E-state index in [2.05, 4.69) is 15.9 Å². The fourth-order valence-corrected chi connectivity index (χ4v) is 2.91. The first kappa shape index (κ1) is 9.01. The van der Waals surface area contributed by atoms with Crippen LogP contribution in [0.25, 0.3) is 0 Å². The summed E-state index contributed by atoms with van der Waals surface area (Å²) in [6, 6.07) is 0. The summed E-state index contributed by atoms with van der Waals surface area (Å²) in [6.45, 7) is 0. The molecule has 70 valence electrons. The van der Waals surface area contributed by atoms with Gasteiger partial charge in [0.15, 0.2) is 0 Å². The number of ether oxygens (including phenoxy) is 1. The van der Waals surface area contributed by atoms with Crippen LogP contribution in [0.15, 0.2) is 0 Å². The summed E-state index contributed by atoms with van der Waals surface area (Å²) in [7, 11) is 0. The van der Waals surface area contributed by atoms with E-state index in [9.17, 15) is 0 Å². The van der Waals surface area contributed by atoms with Crippen LogP contribution in [0.1, 0.15) is 38.5 Å². The number of rotatable bonds is 3. The second-order valence-corrected chi connectivity index (χ2v) is 4.85. The zero-order valence-electron chi connectivity index (χ0n) is 7.47. The predicted molar refractivity (Wildman–Crippen MR) is 53.6 cm³/mol. The van der Waals surface area contributed by atoms with E-state index in [0.717, 1.165) is 11.2 Å². The van der Waals surface area contributed by atoms with Gasteiger partial charge in [-0.25, -0.2) is 0 Å². The summed E-state index contributed by atoms with van der Waals surface area (Å²) in [4.78, 5) is 0. The largest absolute Gasteiger partial charge is 0.375 e. The molecule has 1 saturated heterocycles. The van der Waals surface area contributed by atoms with Crippen molar-refractivity contribution in [2.24, 2.45) is 5.92 Å². The molecule has 0 aromatic carbocycles.